The summed E-state index contributed by atoms with van der Waals surface area (Å²) in [6.45, 7) is 3.40. The third kappa shape index (κ3) is 3.37. The monoisotopic (exact) mass is 337 g/mol. The number of benzene rings is 1. The summed E-state index contributed by atoms with van der Waals surface area (Å²) in [5.41, 5.74) is 1.26. The largest absolute Gasteiger partial charge is 0.337 e. The van der Waals surface area contributed by atoms with Gasteiger partial charge in [-0.3, -0.25) is 14.5 Å². The van der Waals surface area contributed by atoms with Crippen LogP contribution in [0.5, 0.6) is 0 Å². The van der Waals surface area contributed by atoms with Gasteiger partial charge < -0.3 is 9.88 Å². The van der Waals surface area contributed by atoms with Crippen molar-refractivity contribution >= 4 is 5.91 Å². The molecule has 5 nitrogen and oxygen atoms in total. The van der Waals surface area contributed by atoms with Crippen molar-refractivity contribution in [3.63, 3.8) is 0 Å². The minimum Gasteiger partial charge on any atom is -0.337 e. The number of nitrogens with zero attached hydrogens (tertiary/aromatic N) is 2. The van der Waals surface area contributed by atoms with E-state index in [1.54, 1.807) is 18.3 Å². The molecule has 0 radical (unpaired) electrons. The lowest BCUT2D eigenvalue weighted by Crippen LogP contribution is -2.44. The molecule has 0 spiro atoms. The van der Waals surface area contributed by atoms with Crippen LogP contribution in [0.25, 0.3) is 0 Å². The number of aromatic nitrogens is 1. The number of hydrogen-bond donors (Lipinski definition) is 1. The highest BCUT2D eigenvalue weighted by atomic mass is 16.2. The molecule has 1 aromatic carbocycles. The fourth-order valence-corrected chi connectivity index (χ4v) is 4.12. The molecule has 3 aliphatic rings. The molecule has 130 valence electrons. The van der Waals surface area contributed by atoms with E-state index >= 15 is 0 Å². The van der Waals surface area contributed by atoms with Crippen molar-refractivity contribution in [1.82, 2.24) is 14.8 Å². The number of carbonyl (C=O) groups is 1. The lowest BCUT2D eigenvalue weighted by Gasteiger charge is -2.36. The molecule has 5 heteroatoms. The van der Waals surface area contributed by atoms with E-state index in [9.17, 15) is 9.59 Å². The fraction of sp³-hybridized carbons (Fsp3) is 0.400. The molecule has 1 amide bonds. The Bertz CT molecular complexity index is 802. The van der Waals surface area contributed by atoms with Crippen LogP contribution >= 0.6 is 0 Å². The van der Waals surface area contributed by atoms with Crippen molar-refractivity contribution in [3.8, 4) is 0 Å². The molecule has 3 saturated heterocycles. The summed E-state index contributed by atoms with van der Waals surface area (Å²) in [5, 5.41) is 0. The number of aromatic amines is 1. The normalized spacial score (nSPS) is 23.4. The number of pyridine rings is 1. The van der Waals surface area contributed by atoms with Gasteiger partial charge in [-0.2, -0.15) is 0 Å². The number of fused-ring (bicyclic) bond motifs is 4. The summed E-state index contributed by atoms with van der Waals surface area (Å²) in [4.78, 5) is 31.8. The quantitative estimate of drug-likeness (QED) is 0.933. The van der Waals surface area contributed by atoms with E-state index < -0.39 is 0 Å². The number of nitrogens with one attached hydrogen (secondary N) is 1. The summed E-state index contributed by atoms with van der Waals surface area (Å²) >= 11 is 0. The van der Waals surface area contributed by atoms with E-state index in [-0.39, 0.29) is 17.0 Å². The van der Waals surface area contributed by atoms with E-state index in [0.717, 1.165) is 32.5 Å². The standard InChI is InChI=1S/C20H23N3O2/c24-19-18(7-4-10-21-19)20(25)23-13-16-8-9-17(14-23)22(12-16)11-15-5-2-1-3-6-15/h1-7,10,16-17H,8-9,11-14H2,(H,21,24)/t16-,17-/m1/s1. The number of carbonyl (C=O) groups excluding carboxylic acids is 1. The Morgan fingerprint density at radius 2 is 1.88 bits per heavy atom. The number of H-pyrrole nitrogens is 1. The molecule has 2 aromatic rings. The molecule has 2 bridgehead atoms. The predicted octanol–water partition coefficient (Wildman–Crippen LogP) is 2.11. The van der Waals surface area contributed by atoms with Gasteiger partial charge in [0.15, 0.2) is 0 Å². The van der Waals surface area contributed by atoms with Gasteiger partial charge in [0.25, 0.3) is 11.5 Å². The third-order valence-corrected chi connectivity index (χ3v) is 5.39. The highest BCUT2D eigenvalue weighted by molar-refractivity contribution is 5.93. The first-order chi connectivity index (χ1) is 12.2. The molecule has 3 fully saturated rings. The Labute approximate surface area is 147 Å². The first-order valence-electron chi connectivity index (χ1n) is 8.95. The van der Waals surface area contributed by atoms with Gasteiger partial charge in [-0.1, -0.05) is 30.3 Å². The molecule has 25 heavy (non-hydrogen) atoms. The van der Waals surface area contributed by atoms with Crippen LogP contribution in [-0.2, 0) is 6.54 Å². The van der Waals surface area contributed by atoms with E-state index in [1.807, 2.05) is 11.0 Å². The van der Waals surface area contributed by atoms with Crippen molar-refractivity contribution in [2.24, 2.45) is 5.92 Å². The second-order valence-corrected chi connectivity index (χ2v) is 7.14. The van der Waals surface area contributed by atoms with Crippen molar-refractivity contribution < 1.29 is 4.79 Å². The van der Waals surface area contributed by atoms with Gasteiger partial charge in [-0.05, 0) is 36.5 Å². The number of amides is 1. The number of hydrogen-bond acceptors (Lipinski definition) is 3. The predicted molar refractivity (Wildman–Crippen MR) is 96.3 cm³/mol. The zero-order chi connectivity index (χ0) is 17.2. The van der Waals surface area contributed by atoms with Crippen LogP contribution < -0.4 is 5.56 Å². The first kappa shape index (κ1) is 16.1. The summed E-state index contributed by atoms with van der Waals surface area (Å²) in [7, 11) is 0. The van der Waals surface area contributed by atoms with Gasteiger partial charge in [0.05, 0.1) is 0 Å². The van der Waals surface area contributed by atoms with Crippen LogP contribution in [0.2, 0.25) is 0 Å². The van der Waals surface area contributed by atoms with E-state index in [2.05, 4.69) is 34.1 Å². The highest BCUT2D eigenvalue weighted by Crippen LogP contribution is 2.29. The highest BCUT2D eigenvalue weighted by Gasteiger charge is 2.36. The van der Waals surface area contributed by atoms with Gasteiger partial charge in [-0.25, -0.2) is 0 Å². The average Bonchev–Trinajstić information content (AvgIpc) is 2.94. The first-order valence-corrected chi connectivity index (χ1v) is 8.95. The van der Waals surface area contributed by atoms with Gasteiger partial charge >= 0.3 is 0 Å². The molecule has 1 aromatic heterocycles. The van der Waals surface area contributed by atoms with Crippen LogP contribution in [0.1, 0.15) is 28.8 Å². The second-order valence-electron chi connectivity index (χ2n) is 7.14. The molecule has 3 aliphatic heterocycles. The molecule has 1 N–H and O–H groups in total. The summed E-state index contributed by atoms with van der Waals surface area (Å²) < 4.78 is 0. The minimum atomic E-state index is -0.301. The van der Waals surface area contributed by atoms with E-state index in [4.69, 9.17) is 0 Å². The van der Waals surface area contributed by atoms with Gasteiger partial charge in [0.2, 0.25) is 0 Å². The van der Waals surface area contributed by atoms with E-state index in [0.29, 0.717) is 18.5 Å². The van der Waals surface area contributed by atoms with Crippen LogP contribution in [0.3, 0.4) is 0 Å². The lowest BCUT2D eigenvalue weighted by molar-refractivity contribution is 0.0734. The molecular weight excluding hydrogens is 314 g/mol. The topological polar surface area (TPSA) is 56.4 Å². The zero-order valence-corrected chi connectivity index (χ0v) is 14.2. The Morgan fingerprint density at radius 1 is 1.04 bits per heavy atom. The molecule has 0 saturated carbocycles. The van der Waals surface area contributed by atoms with Gasteiger partial charge in [-0.15, -0.1) is 0 Å². The molecule has 0 unspecified atom stereocenters. The van der Waals surface area contributed by atoms with Crippen LogP contribution in [0.4, 0.5) is 0 Å². The smallest absolute Gasteiger partial charge is 0.260 e. The Hall–Kier alpha value is -2.40. The van der Waals surface area contributed by atoms with Crippen molar-refractivity contribution in [2.75, 3.05) is 19.6 Å². The maximum atomic E-state index is 12.8. The van der Waals surface area contributed by atoms with Crippen molar-refractivity contribution in [3.05, 3.63) is 70.1 Å². The molecular formula is C20H23N3O2. The number of rotatable bonds is 3. The SMILES string of the molecule is O=C(c1ccc[nH]c1=O)N1C[C@@H]2CC[C@H](C1)N(Cc1ccccc1)C2. The molecule has 5 rings (SSSR count). The summed E-state index contributed by atoms with van der Waals surface area (Å²) in [6, 6.07) is 14.2. The molecule has 4 heterocycles. The van der Waals surface area contributed by atoms with Crippen LogP contribution in [0.15, 0.2) is 53.5 Å². The maximum Gasteiger partial charge on any atom is 0.260 e. The van der Waals surface area contributed by atoms with Gasteiger partial charge in [0, 0.05) is 38.4 Å². The maximum absolute atomic E-state index is 12.8. The summed E-state index contributed by atoms with van der Waals surface area (Å²) in [6.07, 6.45) is 3.84. The molecule has 2 atom stereocenters. The van der Waals surface area contributed by atoms with Crippen LogP contribution in [0, 0.1) is 5.92 Å². The minimum absolute atomic E-state index is 0.139. The Morgan fingerprint density at radius 3 is 2.68 bits per heavy atom. The summed E-state index contributed by atoms with van der Waals surface area (Å²) in [5.74, 6) is 0.342. The Balaban J connectivity index is 1.52. The Kier molecular flexibility index (Phi) is 4.40. The second kappa shape index (κ2) is 6.84. The van der Waals surface area contributed by atoms with Crippen LogP contribution in [-0.4, -0.2) is 46.4 Å². The molecule has 0 aliphatic carbocycles. The lowest BCUT2D eigenvalue weighted by atomic mass is 9.94. The van der Waals surface area contributed by atoms with Crippen molar-refractivity contribution in [1.29, 1.82) is 0 Å². The fourth-order valence-electron chi connectivity index (χ4n) is 4.12. The average molecular weight is 337 g/mol. The third-order valence-electron chi connectivity index (χ3n) is 5.39. The van der Waals surface area contributed by atoms with Crippen molar-refractivity contribution in [2.45, 2.75) is 25.4 Å². The zero-order valence-electron chi connectivity index (χ0n) is 14.2. The number of piperidine rings is 1. The van der Waals surface area contributed by atoms with Gasteiger partial charge in [0.1, 0.15) is 5.56 Å². The van der Waals surface area contributed by atoms with E-state index in [1.165, 1.54) is 5.56 Å².